The van der Waals surface area contributed by atoms with Crippen LogP contribution in [0.2, 0.25) is 0 Å². The van der Waals surface area contributed by atoms with E-state index in [1.165, 1.54) is 26.4 Å². The van der Waals surface area contributed by atoms with Crippen LogP contribution < -0.4 is 14.2 Å². The third-order valence-electron chi connectivity index (χ3n) is 2.10. The highest BCUT2D eigenvalue weighted by atomic mass is 32.2. The molecule has 6 heteroatoms. The number of nitrogens with one attached hydrogen (secondary N) is 1. The van der Waals surface area contributed by atoms with Gasteiger partial charge in [-0.2, -0.15) is 0 Å². The maximum absolute atomic E-state index is 12.2. The van der Waals surface area contributed by atoms with E-state index in [0.29, 0.717) is 5.75 Å². The van der Waals surface area contributed by atoms with Crippen molar-refractivity contribution in [1.29, 1.82) is 0 Å². The van der Waals surface area contributed by atoms with E-state index < -0.39 is 15.6 Å². The van der Waals surface area contributed by atoms with Gasteiger partial charge in [-0.25, -0.2) is 13.1 Å². The number of ether oxygens (including phenoxy) is 2. The molecule has 0 saturated heterocycles. The Morgan fingerprint density at radius 1 is 1.11 bits per heavy atom. The van der Waals surface area contributed by atoms with Crippen molar-refractivity contribution >= 4 is 10.0 Å². The number of hydrogen-bond acceptors (Lipinski definition) is 4. The molecule has 0 aromatic heterocycles. The molecule has 0 spiro atoms. The Bertz CT molecular complexity index is 517. The third kappa shape index (κ3) is 3.61. The zero-order valence-electron chi connectivity index (χ0n) is 11.3. The molecule has 0 heterocycles. The molecule has 0 aliphatic rings. The van der Waals surface area contributed by atoms with Crippen LogP contribution in [0.4, 0.5) is 0 Å². The van der Waals surface area contributed by atoms with E-state index in [4.69, 9.17) is 9.47 Å². The van der Waals surface area contributed by atoms with Crippen LogP contribution >= 0.6 is 0 Å². The Kier molecular flexibility index (Phi) is 4.24. The van der Waals surface area contributed by atoms with Gasteiger partial charge in [-0.3, -0.25) is 0 Å². The molecule has 0 aliphatic carbocycles. The minimum Gasteiger partial charge on any atom is -0.497 e. The van der Waals surface area contributed by atoms with Crippen LogP contribution in [-0.2, 0) is 10.0 Å². The van der Waals surface area contributed by atoms with Gasteiger partial charge in [0, 0.05) is 11.6 Å². The van der Waals surface area contributed by atoms with Crippen LogP contribution in [0.5, 0.6) is 11.5 Å². The molecular weight excluding hydrogens is 254 g/mol. The van der Waals surface area contributed by atoms with Crippen LogP contribution in [0.25, 0.3) is 0 Å². The van der Waals surface area contributed by atoms with Gasteiger partial charge in [-0.05, 0) is 32.9 Å². The molecule has 1 aromatic rings. The van der Waals surface area contributed by atoms with Crippen LogP contribution in [0.3, 0.4) is 0 Å². The zero-order chi connectivity index (χ0) is 14.0. The second-order valence-corrected chi connectivity index (χ2v) is 6.52. The number of benzene rings is 1. The summed E-state index contributed by atoms with van der Waals surface area (Å²) in [5, 5.41) is 0. The topological polar surface area (TPSA) is 64.6 Å². The number of methoxy groups -OCH3 is 2. The van der Waals surface area contributed by atoms with Gasteiger partial charge in [0.2, 0.25) is 10.0 Å². The Morgan fingerprint density at radius 3 is 2.17 bits per heavy atom. The summed E-state index contributed by atoms with van der Waals surface area (Å²) in [4.78, 5) is 0.0979. The number of rotatable bonds is 4. The SMILES string of the molecule is COc1ccc(S(=O)(=O)NC(C)(C)C)c(OC)c1. The first-order valence-electron chi connectivity index (χ1n) is 5.45. The summed E-state index contributed by atoms with van der Waals surface area (Å²) in [7, 11) is -0.684. The molecule has 0 unspecified atom stereocenters. The van der Waals surface area contributed by atoms with E-state index in [-0.39, 0.29) is 10.6 Å². The molecule has 0 saturated carbocycles. The number of sulfonamides is 1. The largest absolute Gasteiger partial charge is 0.497 e. The summed E-state index contributed by atoms with van der Waals surface area (Å²) in [6, 6.07) is 4.59. The summed E-state index contributed by atoms with van der Waals surface area (Å²) in [5.41, 5.74) is -0.552. The summed E-state index contributed by atoms with van der Waals surface area (Å²) in [5.74, 6) is 0.799. The van der Waals surface area contributed by atoms with Gasteiger partial charge in [-0.1, -0.05) is 0 Å². The van der Waals surface area contributed by atoms with Crippen molar-refractivity contribution in [3.8, 4) is 11.5 Å². The maximum Gasteiger partial charge on any atom is 0.244 e. The average molecular weight is 273 g/mol. The predicted molar refractivity (Wildman–Crippen MR) is 69.6 cm³/mol. The normalized spacial score (nSPS) is 12.3. The van der Waals surface area contributed by atoms with E-state index in [0.717, 1.165) is 0 Å². The van der Waals surface area contributed by atoms with Crippen molar-refractivity contribution in [2.24, 2.45) is 0 Å². The van der Waals surface area contributed by atoms with Crippen molar-refractivity contribution < 1.29 is 17.9 Å². The lowest BCUT2D eigenvalue weighted by Gasteiger charge is -2.21. The van der Waals surface area contributed by atoms with Crippen LogP contribution in [0.15, 0.2) is 23.1 Å². The highest BCUT2D eigenvalue weighted by molar-refractivity contribution is 7.89. The third-order valence-corrected chi connectivity index (χ3v) is 3.90. The molecule has 0 amide bonds. The molecule has 102 valence electrons. The Balaban J connectivity index is 3.24. The van der Waals surface area contributed by atoms with Gasteiger partial charge in [0.05, 0.1) is 14.2 Å². The molecule has 18 heavy (non-hydrogen) atoms. The lowest BCUT2D eigenvalue weighted by Crippen LogP contribution is -2.40. The minimum atomic E-state index is -3.62. The number of hydrogen-bond donors (Lipinski definition) is 1. The van der Waals surface area contributed by atoms with Crippen molar-refractivity contribution in [1.82, 2.24) is 4.72 Å². The van der Waals surface area contributed by atoms with Gasteiger partial charge in [0.25, 0.3) is 0 Å². The van der Waals surface area contributed by atoms with Gasteiger partial charge >= 0.3 is 0 Å². The monoisotopic (exact) mass is 273 g/mol. The predicted octanol–water partition coefficient (Wildman–Crippen LogP) is 1.78. The van der Waals surface area contributed by atoms with E-state index in [1.54, 1.807) is 26.8 Å². The van der Waals surface area contributed by atoms with Crippen LogP contribution in [0.1, 0.15) is 20.8 Å². The summed E-state index contributed by atoms with van der Waals surface area (Å²) in [6.45, 7) is 5.33. The summed E-state index contributed by atoms with van der Waals surface area (Å²) < 4.78 is 37.1. The average Bonchev–Trinajstić information content (AvgIpc) is 2.24. The summed E-state index contributed by atoms with van der Waals surface area (Å²) >= 11 is 0. The van der Waals surface area contributed by atoms with Crippen LogP contribution in [0, 0.1) is 0 Å². The van der Waals surface area contributed by atoms with Gasteiger partial charge < -0.3 is 9.47 Å². The molecule has 1 N–H and O–H groups in total. The first-order chi connectivity index (χ1) is 8.19. The van der Waals surface area contributed by atoms with Crippen molar-refractivity contribution in [2.75, 3.05) is 14.2 Å². The second-order valence-electron chi connectivity index (χ2n) is 4.87. The Labute approximate surface area is 108 Å². The van der Waals surface area contributed by atoms with Crippen LogP contribution in [-0.4, -0.2) is 28.2 Å². The van der Waals surface area contributed by atoms with E-state index in [1.807, 2.05) is 0 Å². The molecular formula is C12H19NO4S. The first-order valence-corrected chi connectivity index (χ1v) is 6.94. The second kappa shape index (κ2) is 5.16. The fraction of sp³-hybridized carbons (Fsp3) is 0.500. The fourth-order valence-electron chi connectivity index (χ4n) is 1.45. The first kappa shape index (κ1) is 14.8. The van der Waals surface area contributed by atoms with E-state index in [2.05, 4.69) is 4.72 Å². The standard InChI is InChI=1S/C12H19NO4S/c1-12(2,3)13-18(14,15)11-7-6-9(16-4)8-10(11)17-5/h6-8,13H,1-5H3. The Morgan fingerprint density at radius 2 is 1.72 bits per heavy atom. The highest BCUT2D eigenvalue weighted by Gasteiger charge is 2.25. The lowest BCUT2D eigenvalue weighted by molar-refractivity contribution is 0.385. The molecule has 0 bridgehead atoms. The fourth-order valence-corrected chi connectivity index (χ4v) is 3.03. The molecule has 1 aromatic carbocycles. The molecule has 1 rings (SSSR count). The van der Waals surface area contributed by atoms with E-state index in [9.17, 15) is 8.42 Å². The highest BCUT2D eigenvalue weighted by Crippen LogP contribution is 2.28. The van der Waals surface area contributed by atoms with Crippen molar-refractivity contribution in [2.45, 2.75) is 31.2 Å². The van der Waals surface area contributed by atoms with Crippen molar-refractivity contribution in [3.63, 3.8) is 0 Å². The van der Waals surface area contributed by atoms with Gasteiger partial charge in [-0.15, -0.1) is 0 Å². The molecule has 0 fully saturated rings. The van der Waals surface area contributed by atoms with Crippen molar-refractivity contribution in [3.05, 3.63) is 18.2 Å². The molecule has 0 aliphatic heterocycles. The lowest BCUT2D eigenvalue weighted by atomic mass is 10.1. The summed E-state index contributed by atoms with van der Waals surface area (Å²) in [6.07, 6.45) is 0. The zero-order valence-corrected chi connectivity index (χ0v) is 12.1. The molecule has 0 radical (unpaired) electrons. The van der Waals surface area contributed by atoms with Gasteiger partial charge in [0.15, 0.2) is 0 Å². The quantitative estimate of drug-likeness (QED) is 0.908. The Hall–Kier alpha value is -1.27. The molecule has 0 atom stereocenters. The maximum atomic E-state index is 12.2. The van der Waals surface area contributed by atoms with E-state index >= 15 is 0 Å². The smallest absolute Gasteiger partial charge is 0.244 e. The molecule has 5 nitrogen and oxygen atoms in total. The van der Waals surface area contributed by atoms with Gasteiger partial charge in [0.1, 0.15) is 16.4 Å². The minimum absolute atomic E-state index is 0.0979.